The first-order valence-electron chi connectivity index (χ1n) is 7.61. The summed E-state index contributed by atoms with van der Waals surface area (Å²) in [5.74, 6) is 0.491. The van der Waals surface area contributed by atoms with E-state index in [-0.39, 0.29) is 5.91 Å². The number of rotatable bonds is 5. The normalized spacial score (nSPS) is 13.9. The van der Waals surface area contributed by atoms with E-state index in [1.54, 1.807) is 6.20 Å². The second-order valence-electron chi connectivity index (χ2n) is 5.71. The number of aromatic nitrogens is 3. The summed E-state index contributed by atoms with van der Waals surface area (Å²) in [6.45, 7) is 0.701. The molecule has 1 aliphatic rings. The van der Waals surface area contributed by atoms with Crippen LogP contribution in [0.2, 0.25) is 0 Å². The molecule has 1 aliphatic carbocycles. The standard InChI is InChI=1S/C17H16N4OS/c22-16(20-17-19-15(11-23-17)13-6-7-13)14-4-2-12(3-5-14)10-21-9-1-8-18-21/h1-5,8-9,11,13H,6-7,10H2,(H,19,20,22). The van der Waals surface area contributed by atoms with Gasteiger partial charge in [-0.05, 0) is 36.6 Å². The minimum atomic E-state index is -0.118. The van der Waals surface area contributed by atoms with E-state index in [1.807, 2.05) is 46.6 Å². The van der Waals surface area contributed by atoms with Crippen LogP contribution in [0.1, 0.15) is 40.4 Å². The Labute approximate surface area is 138 Å². The molecule has 1 aromatic carbocycles. The Morgan fingerprint density at radius 2 is 2.13 bits per heavy atom. The van der Waals surface area contributed by atoms with Crippen molar-refractivity contribution < 1.29 is 4.79 Å². The Kier molecular flexibility index (Phi) is 3.67. The highest BCUT2D eigenvalue weighted by atomic mass is 32.1. The van der Waals surface area contributed by atoms with Crippen LogP contribution in [0.5, 0.6) is 0 Å². The molecule has 1 saturated carbocycles. The smallest absolute Gasteiger partial charge is 0.257 e. The van der Waals surface area contributed by atoms with Crippen molar-refractivity contribution in [1.82, 2.24) is 14.8 Å². The van der Waals surface area contributed by atoms with Crippen molar-refractivity contribution >= 4 is 22.4 Å². The van der Waals surface area contributed by atoms with Crippen LogP contribution in [-0.2, 0) is 6.54 Å². The molecule has 2 aromatic heterocycles. The van der Waals surface area contributed by atoms with E-state index in [0.717, 1.165) is 11.3 Å². The lowest BCUT2D eigenvalue weighted by atomic mass is 10.1. The van der Waals surface area contributed by atoms with Crippen LogP contribution in [0.15, 0.2) is 48.1 Å². The van der Waals surface area contributed by atoms with Crippen LogP contribution < -0.4 is 5.32 Å². The van der Waals surface area contributed by atoms with Gasteiger partial charge >= 0.3 is 0 Å². The fraction of sp³-hybridized carbons (Fsp3) is 0.235. The highest BCUT2D eigenvalue weighted by Crippen LogP contribution is 2.40. The van der Waals surface area contributed by atoms with Gasteiger partial charge in [0.1, 0.15) is 0 Å². The van der Waals surface area contributed by atoms with Crippen LogP contribution in [0.4, 0.5) is 5.13 Å². The molecule has 0 atom stereocenters. The molecule has 0 spiro atoms. The Bertz CT molecular complexity index is 804. The van der Waals surface area contributed by atoms with Gasteiger partial charge in [0.2, 0.25) is 0 Å². The number of hydrogen-bond donors (Lipinski definition) is 1. The summed E-state index contributed by atoms with van der Waals surface area (Å²) < 4.78 is 1.85. The Hall–Kier alpha value is -2.47. The zero-order chi connectivity index (χ0) is 15.6. The van der Waals surface area contributed by atoms with Crippen molar-refractivity contribution in [1.29, 1.82) is 0 Å². The summed E-state index contributed by atoms with van der Waals surface area (Å²) >= 11 is 1.49. The molecular formula is C17H16N4OS. The number of nitrogens with one attached hydrogen (secondary N) is 1. The lowest BCUT2D eigenvalue weighted by molar-refractivity contribution is 0.102. The van der Waals surface area contributed by atoms with Gasteiger partial charge in [0.15, 0.2) is 5.13 Å². The summed E-state index contributed by atoms with van der Waals surface area (Å²) in [6, 6.07) is 9.47. The average Bonchev–Trinajstić information content (AvgIpc) is 3.09. The monoisotopic (exact) mass is 324 g/mol. The maximum atomic E-state index is 12.3. The molecule has 1 fully saturated rings. The van der Waals surface area contributed by atoms with Crippen molar-refractivity contribution in [2.24, 2.45) is 0 Å². The van der Waals surface area contributed by atoms with Crippen LogP contribution in [-0.4, -0.2) is 20.7 Å². The van der Waals surface area contributed by atoms with Gasteiger partial charge in [0.25, 0.3) is 5.91 Å². The fourth-order valence-electron chi connectivity index (χ4n) is 2.42. The van der Waals surface area contributed by atoms with E-state index in [2.05, 4.69) is 15.4 Å². The lowest BCUT2D eigenvalue weighted by Crippen LogP contribution is -2.12. The third-order valence-electron chi connectivity index (χ3n) is 3.86. The van der Waals surface area contributed by atoms with Crippen molar-refractivity contribution in [3.63, 3.8) is 0 Å². The zero-order valence-corrected chi connectivity index (χ0v) is 13.3. The number of benzene rings is 1. The number of amides is 1. The SMILES string of the molecule is O=C(Nc1nc(C2CC2)cs1)c1ccc(Cn2cccn2)cc1. The Morgan fingerprint density at radius 3 is 2.83 bits per heavy atom. The number of thiazole rings is 1. The molecule has 0 radical (unpaired) electrons. The number of carbonyl (C=O) groups is 1. The first kappa shape index (κ1) is 14.1. The fourth-order valence-corrected chi connectivity index (χ4v) is 3.21. The first-order valence-corrected chi connectivity index (χ1v) is 8.49. The van der Waals surface area contributed by atoms with Gasteiger partial charge in [-0.1, -0.05) is 12.1 Å². The minimum Gasteiger partial charge on any atom is -0.298 e. The number of nitrogens with zero attached hydrogens (tertiary/aromatic N) is 3. The van der Waals surface area contributed by atoms with Crippen LogP contribution in [0.25, 0.3) is 0 Å². The molecular weight excluding hydrogens is 308 g/mol. The molecule has 6 heteroatoms. The minimum absolute atomic E-state index is 0.118. The number of carbonyl (C=O) groups excluding carboxylic acids is 1. The topological polar surface area (TPSA) is 59.8 Å². The average molecular weight is 324 g/mol. The van der Waals surface area contributed by atoms with Crippen molar-refractivity contribution in [2.45, 2.75) is 25.3 Å². The van der Waals surface area contributed by atoms with Gasteiger partial charge in [0, 0.05) is 29.3 Å². The van der Waals surface area contributed by atoms with Crippen molar-refractivity contribution in [3.8, 4) is 0 Å². The summed E-state index contributed by atoms with van der Waals surface area (Å²) in [6.07, 6.45) is 6.11. The first-order chi connectivity index (χ1) is 11.3. The molecule has 0 unspecified atom stereocenters. The predicted molar refractivity (Wildman–Crippen MR) is 89.8 cm³/mol. The molecule has 0 saturated heterocycles. The molecule has 1 N–H and O–H groups in total. The van der Waals surface area contributed by atoms with E-state index in [9.17, 15) is 4.79 Å². The zero-order valence-electron chi connectivity index (χ0n) is 12.5. The Morgan fingerprint density at radius 1 is 1.30 bits per heavy atom. The number of hydrogen-bond acceptors (Lipinski definition) is 4. The van der Waals surface area contributed by atoms with Crippen LogP contribution in [0, 0.1) is 0 Å². The third-order valence-corrected chi connectivity index (χ3v) is 4.63. The van der Waals surface area contributed by atoms with Gasteiger partial charge in [-0.2, -0.15) is 5.10 Å². The summed E-state index contributed by atoms with van der Waals surface area (Å²) in [5.41, 5.74) is 2.85. The van der Waals surface area contributed by atoms with Crippen LogP contribution >= 0.6 is 11.3 Å². The maximum Gasteiger partial charge on any atom is 0.257 e. The molecule has 4 rings (SSSR count). The van der Waals surface area contributed by atoms with Gasteiger partial charge in [0.05, 0.1) is 12.2 Å². The second kappa shape index (κ2) is 5.96. The second-order valence-corrected chi connectivity index (χ2v) is 6.56. The highest BCUT2D eigenvalue weighted by molar-refractivity contribution is 7.14. The van der Waals surface area contributed by atoms with E-state index >= 15 is 0 Å². The molecule has 3 aromatic rings. The number of anilines is 1. The molecule has 23 heavy (non-hydrogen) atoms. The molecule has 1 amide bonds. The summed E-state index contributed by atoms with van der Waals surface area (Å²) in [4.78, 5) is 16.8. The van der Waals surface area contributed by atoms with Gasteiger partial charge < -0.3 is 0 Å². The van der Waals surface area contributed by atoms with Crippen LogP contribution in [0.3, 0.4) is 0 Å². The lowest BCUT2D eigenvalue weighted by Gasteiger charge is -2.05. The van der Waals surface area contributed by atoms with Gasteiger partial charge in [-0.3, -0.25) is 14.8 Å². The van der Waals surface area contributed by atoms with E-state index in [0.29, 0.717) is 23.2 Å². The Balaban J connectivity index is 1.41. The van der Waals surface area contributed by atoms with E-state index in [4.69, 9.17) is 0 Å². The maximum absolute atomic E-state index is 12.3. The molecule has 0 aliphatic heterocycles. The summed E-state index contributed by atoms with van der Waals surface area (Å²) in [7, 11) is 0. The van der Waals surface area contributed by atoms with Crippen molar-refractivity contribution in [3.05, 3.63) is 64.9 Å². The predicted octanol–water partition coefficient (Wildman–Crippen LogP) is 3.52. The highest BCUT2D eigenvalue weighted by Gasteiger charge is 2.26. The van der Waals surface area contributed by atoms with Gasteiger partial charge in [-0.15, -0.1) is 11.3 Å². The summed E-state index contributed by atoms with van der Waals surface area (Å²) in [5, 5.41) is 9.77. The van der Waals surface area contributed by atoms with E-state index in [1.165, 1.54) is 24.2 Å². The van der Waals surface area contributed by atoms with Gasteiger partial charge in [-0.25, -0.2) is 4.98 Å². The van der Waals surface area contributed by atoms with E-state index < -0.39 is 0 Å². The molecule has 2 heterocycles. The quantitative estimate of drug-likeness (QED) is 0.781. The molecule has 0 bridgehead atoms. The molecule has 116 valence electrons. The van der Waals surface area contributed by atoms with Crippen molar-refractivity contribution in [2.75, 3.05) is 5.32 Å². The molecule has 5 nitrogen and oxygen atoms in total. The third kappa shape index (κ3) is 3.32. The largest absolute Gasteiger partial charge is 0.298 e.